The van der Waals surface area contributed by atoms with Gasteiger partial charge in [-0.2, -0.15) is 0 Å². The summed E-state index contributed by atoms with van der Waals surface area (Å²) in [7, 11) is 0. The number of carbonyl (C=O) groups excluding carboxylic acids is 1. The van der Waals surface area contributed by atoms with Crippen LogP contribution in [0.4, 0.5) is 0 Å². The minimum absolute atomic E-state index is 0.103. The topological polar surface area (TPSA) is 121 Å². The molecule has 0 saturated carbocycles. The Hall–Kier alpha value is -2.41. The summed E-state index contributed by atoms with van der Waals surface area (Å²) in [5, 5.41) is 26.5. The van der Waals surface area contributed by atoms with Crippen LogP contribution >= 0.6 is 0 Å². The Morgan fingerprint density at radius 2 is 1.68 bits per heavy atom. The molecule has 0 unspecified atom stereocenters. The maximum Gasteiger partial charge on any atom is 0.348 e. The zero-order chi connectivity index (χ0) is 14.6. The van der Waals surface area contributed by atoms with E-state index in [1.807, 2.05) is 0 Å². The molecule has 102 valence electrons. The number of aliphatic hydroxyl groups is 1. The van der Waals surface area contributed by atoms with Gasteiger partial charge in [0, 0.05) is 0 Å². The van der Waals surface area contributed by atoms with Crippen molar-refractivity contribution in [3.63, 3.8) is 0 Å². The highest BCUT2D eigenvalue weighted by atomic mass is 16.6. The molecule has 0 aliphatic carbocycles. The molecule has 3 N–H and O–H groups in total. The number of hydrogen-bond acceptors (Lipinski definition) is 5. The summed E-state index contributed by atoms with van der Waals surface area (Å²) in [6.45, 7) is 1.61. The number of aryl methyl sites for hydroxylation is 1. The second-order valence-electron chi connectivity index (χ2n) is 3.76. The standard InChI is InChI=1S/C12H12O7/c1-6-4-2-3-5-7(6)12(18)19-9(11(16)17)8(13)10(14)15/h2-5,8-9,13H,1H3,(H,14,15)(H,16,17)/t8-,9-/m0/s1. The summed E-state index contributed by atoms with van der Waals surface area (Å²) in [6.07, 6.45) is -4.49. The van der Waals surface area contributed by atoms with Gasteiger partial charge in [-0.25, -0.2) is 14.4 Å². The molecule has 0 aliphatic rings. The lowest BCUT2D eigenvalue weighted by atomic mass is 10.1. The van der Waals surface area contributed by atoms with Crippen LogP contribution < -0.4 is 0 Å². The Morgan fingerprint density at radius 1 is 1.11 bits per heavy atom. The number of ether oxygens (including phenoxy) is 1. The van der Waals surface area contributed by atoms with Crippen LogP contribution in [-0.4, -0.2) is 45.4 Å². The van der Waals surface area contributed by atoms with Gasteiger partial charge in [0.05, 0.1) is 5.56 Å². The van der Waals surface area contributed by atoms with Crippen molar-refractivity contribution in [3.05, 3.63) is 35.4 Å². The molecule has 0 heterocycles. The number of hydrogen-bond donors (Lipinski definition) is 3. The molecule has 7 heteroatoms. The highest BCUT2D eigenvalue weighted by Gasteiger charge is 2.36. The minimum atomic E-state index is -2.33. The molecule has 2 atom stereocenters. The first-order valence-electron chi connectivity index (χ1n) is 5.25. The summed E-state index contributed by atoms with van der Waals surface area (Å²) >= 11 is 0. The first kappa shape index (κ1) is 14.7. The van der Waals surface area contributed by atoms with Gasteiger partial charge in [0.2, 0.25) is 6.10 Å². The van der Waals surface area contributed by atoms with Gasteiger partial charge in [-0.3, -0.25) is 0 Å². The third-order valence-corrected chi connectivity index (χ3v) is 2.38. The predicted octanol–water partition coefficient (Wildman–Crippen LogP) is 0.0505. The summed E-state index contributed by atoms with van der Waals surface area (Å²) in [6, 6.07) is 6.24. The zero-order valence-corrected chi connectivity index (χ0v) is 9.94. The molecule has 0 amide bonds. The molecule has 0 aromatic heterocycles. The third kappa shape index (κ3) is 3.52. The Bertz CT molecular complexity index is 509. The van der Waals surface area contributed by atoms with E-state index in [0.29, 0.717) is 5.56 Å². The molecule has 1 aromatic rings. The number of carboxylic acids is 2. The maximum absolute atomic E-state index is 11.7. The van der Waals surface area contributed by atoms with Gasteiger partial charge in [0.1, 0.15) is 0 Å². The molecule has 7 nitrogen and oxygen atoms in total. The average molecular weight is 268 g/mol. The quantitative estimate of drug-likeness (QED) is 0.645. The summed E-state index contributed by atoms with van der Waals surface area (Å²) in [5.41, 5.74) is 0.646. The van der Waals surface area contributed by atoms with Crippen LogP contribution in [0.15, 0.2) is 24.3 Å². The summed E-state index contributed by atoms with van der Waals surface area (Å²) < 4.78 is 4.53. The highest BCUT2D eigenvalue weighted by molar-refractivity contribution is 5.93. The van der Waals surface area contributed by atoms with Crippen molar-refractivity contribution in [2.45, 2.75) is 19.1 Å². The fraction of sp³-hybridized carbons (Fsp3) is 0.250. The zero-order valence-electron chi connectivity index (χ0n) is 9.94. The molecule has 0 saturated heterocycles. The molecule has 0 fully saturated rings. The van der Waals surface area contributed by atoms with E-state index in [1.165, 1.54) is 6.07 Å². The summed E-state index contributed by atoms with van der Waals surface area (Å²) in [4.78, 5) is 33.0. The lowest BCUT2D eigenvalue weighted by Crippen LogP contribution is -2.43. The normalized spacial score (nSPS) is 13.4. The van der Waals surface area contributed by atoms with Crippen LogP contribution in [0.2, 0.25) is 0 Å². The minimum Gasteiger partial charge on any atom is -0.479 e. The van der Waals surface area contributed by atoms with Crippen molar-refractivity contribution in [2.75, 3.05) is 0 Å². The number of carbonyl (C=O) groups is 3. The average Bonchev–Trinajstić information content (AvgIpc) is 2.34. The van der Waals surface area contributed by atoms with Crippen molar-refractivity contribution in [1.82, 2.24) is 0 Å². The number of benzene rings is 1. The van der Waals surface area contributed by atoms with E-state index in [2.05, 4.69) is 4.74 Å². The predicted molar refractivity (Wildman–Crippen MR) is 61.7 cm³/mol. The highest BCUT2D eigenvalue weighted by Crippen LogP contribution is 2.11. The lowest BCUT2D eigenvalue weighted by molar-refractivity contribution is -0.166. The van der Waals surface area contributed by atoms with Gasteiger partial charge in [0.15, 0.2) is 6.10 Å². The Morgan fingerprint density at radius 3 is 2.16 bits per heavy atom. The van der Waals surface area contributed by atoms with Crippen molar-refractivity contribution < 1.29 is 34.4 Å². The van der Waals surface area contributed by atoms with Gasteiger partial charge in [-0.15, -0.1) is 0 Å². The smallest absolute Gasteiger partial charge is 0.348 e. The van der Waals surface area contributed by atoms with Gasteiger partial charge in [0.25, 0.3) is 0 Å². The number of rotatable bonds is 5. The van der Waals surface area contributed by atoms with Crippen molar-refractivity contribution in [3.8, 4) is 0 Å². The Kier molecular flexibility index (Phi) is 4.60. The SMILES string of the molecule is Cc1ccccc1C(=O)O[C@H](C(=O)O)[C@H](O)C(=O)O. The van der Waals surface area contributed by atoms with Crippen LogP contribution in [0.25, 0.3) is 0 Å². The Labute approximate surface area is 108 Å². The molecule has 0 radical (unpaired) electrons. The van der Waals surface area contributed by atoms with E-state index < -0.39 is 30.1 Å². The second kappa shape index (κ2) is 5.96. The first-order chi connectivity index (χ1) is 8.84. The van der Waals surface area contributed by atoms with E-state index in [4.69, 9.17) is 15.3 Å². The first-order valence-corrected chi connectivity index (χ1v) is 5.25. The molecular formula is C12H12O7. The lowest BCUT2D eigenvalue weighted by Gasteiger charge is -2.16. The molecule has 0 bridgehead atoms. The van der Waals surface area contributed by atoms with Crippen LogP contribution in [0.1, 0.15) is 15.9 Å². The van der Waals surface area contributed by atoms with Gasteiger partial charge in [-0.1, -0.05) is 18.2 Å². The molecule has 0 spiro atoms. The molecule has 1 aromatic carbocycles. The summed E-state index contributed by atoms with van der Waals surface area (Å²) in [5.74, 6) is -4.53. The fourth-order valence-corrected chi connectivity index (χ4v) is 1.36. The van der Waals surface area contributed by atoms with Crippen LogP contribution in [-0.2, 0) is 14.3 Å². The van der Waals surface area contributed by atoms with Gasteiger partial charge < -0.3 is 20.1 Å². The number of carboxylic acid groups (broad SMARTS) is 2. The van der Waals surface area contributed by atoms with Crippen LogP contribution in [0, 0.1) is 6.92 Å². The number of esters is 1. The van der Waals surface area contributed by atoms with E-state index in [0.717, 1.165) is 0 Å². The second-order valence-corrected chi connectivity index (χ2v) is 3.76. The van der Waals surface area contributed by atoms with Crippen molar-refractivity contribution >= 4 is 17.9 Å². The van der Waals surface area contributed by atoms with E-state index >= 15 is 0 Å². The Balaban J connectivity index is 2.92. The van der Waals surface area contributed by atoms with E-state index in [9.17, 15) is 14.4 Å². The molecule has 1 rings (SSSR count). The van der Waals surface area contributed by atoms with E-state index in [1.54, 1.807) is 25.1 Å². The molecule has 0 aliphatic heterocycles. The van der Waals surface area contributed by atoms with Crippen molar-refractivity contribution in [2.24, 2.45) is 0 Å². The molecule has 19 heavy (non-hydrogen) atoms. The van der Waals surface area contributed by atoms with Crippen molar-refractivity contribution in [1.29, 1.82) is 0 Å². The van der Waals surface area contributed by atoms with Gasteiger partial charge >= 0.3 is 17.9 Å². The number of aliphatic carboxylic acids is 2. The fourth-order valence-electron chi connectivity index (χ4n) is 1.36. The van der Waals surface area contributed by atoms with Gasteiger partial charge in [-0.05, 0) is 18.6 Å². The van der Waals surface area contributed by atoms with Crippen LogP contribution in [0.3, 0.4) is 0 Å². The monoisotopic (exact) mass is 268 g/mol. The maximum atomic E-state index is 11.7. The largest absolute Gasteiger partial charge is 0.479 e. The van der Waals surface area contributed by atoms with E-state index in [-0.39, 0.29) is 5.56 Å². The third-order valence-electron chi connectivity index (χ3n) is 2.38. The molecular weight excluding hydrogens is 256 g/mol. The number of aliphatic hydroxyl groups excluding tert-OH is 1. The van der Waals surface area contributed by atoms with Crippen LogP contribution in [0.5, 0.6) is 0 Å².